The van der Waals surface area contributed by atoms with Crippen molar-refractivity contribution < 1.29 is 9.53 Å². The smallest absolute Gasteiger partial charge is 0.242 e. The fourth-order valence-corrected chi connectivity index (χ4v) is 2.17. The molecule has 6 heteroatoms. The summed E-state index contributed by atoms with van der Waals surface area (Å²) in [6.07, 6.45) is 1.16. The Balaban J connectivity index is 1.76. The van der Waals surface area contributed by atoms with Gasteiger partial charge in [0, 0.05) is 19.1 Å². The largest absolute Gasteiger partial charge is 0.497 e. The molecule has 2 rings (SSSR count). The van der Waals surface area contributed by atoms with Gasteiger partial charge in [0.15, 0.2) is 5.96 Å². The Hall–Kier alpha value is -2.24. The van der Waals surface area contributed by atoms with Gasteiger partial charge in [-0.3, -0.25) is 4.79 Å². The van der Waals surface area contributed by atoms with Gasteiger partial charge in [-0.2, -0.15) is 0 Å². The van der Waals surface area contributed by atoms with Crippen molar-refractivity contribution in [2.45, 2.75) is 32.9 Å². The average Bonchev–Trinajstić information content (AvgIpc) is 3.26. The molecular formula is C17H26N4O2. The lowest BCUT2D eigenvalue weighted by molar-refractivity contribution is -0.119. The molecule has 6 nitrogen and oxygen atoms in total. The van der Waals surface area contributed by atoms with Crippen molar-refractivity contribution in [1.82, 2.24) is 16.0 Å². The topological polar surface area (TPSA) is 74.8 Å². The van der Waals surface area contributed by atoms with Crippen LogP contribution in [0.4, 0.5) is 0 Å². The van der Waals surface area contributed by atoms with E-state index in [1.807, 2.05) is 31.2 Å². The van der Waals surface area contributed by atoms with Crippen LogP contribution >= 0.6 is 0 Å². The van der Waals surface area contributed by atoms with Crippen molar-refractivity contribution in [3.63, 3.8) is 0 Å². The summed E-state index contributed by atoms with van der Waals surface area (Å²) in [5, 5.41) is 9.36. The normalized spacial score (nSPS) is 19.9. The highest BCUT2D eigenvalue weighted by Gasteiger charge is 2.33. The number of nitrogens with zero attached hydrogens (tertiary/aromatic N) is 1. The van der Waals surface area contributed by atoms with Crippen LogP contribution in [-0.2, 0) is 11.3 Å². The number of amides is 1. The van der Waals surface area contributed by atoms with Gasteiger partial charge >= 0.3 is 0 Å². The van der Waals surface area contributed by atoms with Crippen molar-refractivity contribution >= 4 is 11.9 Å². The predicted molar refractivity (Wildman–Crippen MR) is 91.5 cm³/mol. The van der Waals surface area contributed by atoms with Gasteiger partial charge in [0.25, 0.3) is 0 Å². The zero-order valence-electron chi connectivity index (χ0n) is 14.1. The molecule has 1 aromatic carbocycles. The van der Waals surface area contributed by atoms with Crippen LogP contribution in [0.3, 0.4) is 0 Å². The Labute approximate surface area is 137 Å². The number of methoxy groups -OCH3 is 1. The number of carbonyl (C=O) groups is 1. The van der Waals surface area contributed by atoms with E-state index in [0.29, 0.717) is 24.5 Å². The maximum atomic E-state index is 11.9. The van der Waals surface area contributed by atoms with E-state index in [-0.39, 0.29) is 12.5 Å². The van der Waals surface area contributed by atoms with E-state index in [1.165, 1.54) is 0 Å². The number of rotatable bonds is 7. The molecule has 1 aliphatic rings. The van der Waals surface area contributed by atoms with E-state index in [4.69, 9.17) is 4.74 Å². The van der Waals surface area contributed by atoms with Crippen LogP contribution in [-0.4, -0.2) is 38.1 Å². The monoisotopic (exact) mass is 318 g/mol. The Bertz CT molecular complexity index is 542. The molecule has 1 saturated carbocycles. The molecule has 23 heavy (non-hydrogen) atoms. The third-order valence-electron chi connectivity index (χ3n) is 3.81. The van der Waals surface area contributed by atoms with Gasteiger partial charge in [-0.05, 0) is 37.0 Å². The summed E-state index contributed by atoms with van der Waals surface area (Å²) in [6.45, 7) is 5.59. The Morgan fingerprint density at radius 1 is 1.30 bits per heavy atom. The van der Waals surface area contributed by atoms with Gasteiger partial charge in [0.2, 0.25) is 5.91 Å². The second kappa shape index (κ2) is 8.41. The van der Waals surface area contributed by atoms with Crippen molar-refractivity contribution in [2.24, 2.45) is 10.9 Å². The highest BCUT2D eigenvalue weighted by molar-refractivity contribution is 5.85. The van der Waals surface area contributed by atoms with Crippen LogP contribution in [0.5, 0.6) is 5.75 Å². The van der Waals surface area contributed by atoms with E-state index >= 15 is 0 Å². The molecular weight excluding hydrogens is 292 g/mol. The minimum absolute atomic E-state index is 0.0955. The molecule has 0 radical (unpaired) electrons. The summed E-state index contributed by atoms with van der Waals surface area (Å²) in [6, 6.07) is 8.10. The summed E-state index contributed by atoms with van der Waals surface area (Å²) in [4.78, 5) is 16.2. The lowest BCUT2D eigenvalue weighted by Gasteiger charge is -2.11. The van der Waals surface area contributed by atoms with E-state index in [1.54, 1.807) is 7.11 Å². The number of hydrogen-bond donors (Lipinski definition) is 3. The Morgan fingerprint density at radius 2 is 2.00 bits per heavy atom. The molecule has 2 unspecified atom stereocenters. The second-order valence-electron chi connectivity index (χ2n) is 5.78. The molecule has 0 spiro atoms. The fourth-order valence-electron chi connectivity index (χ4n) is 2.17. The molecule has 1 aliphatic carbocycles. The zero-order chi connectivity index (χ0) is 16.7. The first kappa shape index (κ1) is 17.1. The molecule has 1 amide bonds. The van der Waals surface area contributed by atoms with Crippen LogP contribution < -0.4 is 20.7 Å². The number of carbonyl (C=O) groups excluding carboxylic acids is 1. The van der Waals surface area contributed by atoms with Crippen LogP contribution in [0, 0.1) is 5.92 Å². The average molecular weight is 318 g/mol. The van der Waals surface area contributed by atoms with Gasteiger partial charge in [0.05, 0.1) is 7.11 Å². The van der Waals surface area contributed by atoms with E-state index in [9.17, 15) is 4.79 Å². The standard InChI is InChI=1S/C17H26N4O2/c1-4-18-17(21-15-9-12(15)2)20-11-16(22)19-10-13-5-7-14(23-3)8-6-13/h5-8,12,15H,4,9-11H2,1-3H3,(H,19,22)(H2,18,20,21). The molecule has 0 heterocycles. The summed E-state index contributed by atoms with van der Waals surface area (Å²) in [5.74, 6) is 2.10. The maximum Gasteiger partial charge on any atom is 0.242 e. The summed E-state index contributed by atoms with van der Waals surface area (Å²) < 4.78 is 5.11. The predicted octanol–water partition coefficient (Wildman–Crippen LogP) is 1.27. The first-order valence-electron chi connectivity index (χ1n) is 8.06. The molecule has 0 aliphatic heterocycles. The highest BCUT2D eigenvalue weighted by atomic mass is 16.5. The molecule has 1 aromatic rings. The van der Waals surface area contributed by atoms with E-state index in [0.717, 1.165) is 24.3 Å². The van der Waals surface area contributed by atoms with Crippen molar-refractivity contribution in [3.05, 3.63) is 29.8 Å². The molecule has 1 fully saturated rings. The third-order valence-corrected chi connectivity index (χ3v) is 3.81. The van der Waals surface area contributed by atoms with E-state index in [2.05, 4.69) is 27.9 Å². The van der Waals surface area contributed by atoms with Crippen LogP contribution in [0.25, 0.3) is 0 Å². The Kier molecular flexibility index (Phi) is 6.26. The minimum atomic E-state index is -0.0955. The van der Waals surface area contributed by atoms with Gasteiger partial charge in [0.1, 0.15) is 12.3 Å². The summed E-state index contributed by atoms with van der Waals surface area (Å²) in [5.41, 5.74) is 1.03. The van der Waals surface area contributed by atoms with Crippen molar-refractivity contribution in [3.8, 4) is 5.75 Å². The molecule has 0 saturated heterocycles. The molecule has 0 aromatic heterocycles. The van der Waals surface area contributed by atoms with Crippen LogP contribution in [0.2, 0.25) is 0 Å². The van der Waals surface area contributed by atoms with Crippen molar-refractivity contribution in [1.29, 1.82) is 0 Å². The summed E-state index contributed by atoms with van der Waals surface area (Å²) in [7, 11) is 1.63. The molecule has 126 valence electrons. The van der Waals surface area contributed by atoms with Crippen LogP contribution in [0.15, 0.2) is 29.3 Å². The SMILES string of the molecule is CCNC(=NCC(=O)NCc1ccc(OC)cc1)NC1CC1C. The van der Waals surface area contributed by atoms with Gasteiger partial charge in [-0.15, -0.1) is 0 Å². The first-order chi connectivity index (χ1) is 11.1. The number of guanidine groups is 1. The number of hydrogen-bond acceptors (Lipinski definition) is 3. The fraction of sp³-hybridized carbons (Fsp3) is 0.529. The Morgan fingerprint density at radius 3 is 2.57 bits per heavy atom. The zero-order valence-corrected chi connectivity index (χ0v) is 14.1. The van der Waals surface area contributed by atoms with Gasteiger partial charge in [-0.1, -0.05) is 19.1 Å². The lowest BCUT2D eigenvalue weighted by Crippen LogP contribution is -2.40. The lowest BCUT2D eigenvalue weighted by atomic mass is 10.2. The molecule has 0 bridgehead atoms. The van der Waals surface area contributed by atoms with Gasteiger partial charge in [-0.25, -0.2) is 4.99 Å². The first-order valence-corrected chi connectivity index (χ1v) is 8.06. The second-order valence-corrected chi connectivity index (χ2v) is 5.78. The van der Waals surface area contributed by atoms with E-state index < -0.39 is 0 Å². The van der Waals surface area contributed by atoms with Crippen molar-refractivity contribution in [2.75, 3.05) is 20.2 Å². The summed E-state index contributed by atoms with van der Waals surface area (Å²) >= 11 is 0. The molecule has 3 N–H and O–H groups in total. The maximum absolute atomic E-state index is 11.9. The van der Waals surface area contributed by atoms with Gasteiger partial charge < -0.3 is 20.7 Å². The van der Waals surface area contributed by atoms with Crippen LogP contribution in [0.1, 0.15) is 25.8 Å². The number of aliphatic imine (C=N–C) groups is 1. The number of benzene rings is 1. The number of ether oxygens (including phenoxy) is 1. The quantitative estimate of drug-likeness (QED) is 0.523. The highest BCUT2D eigenvalue weighted by Crippen LogP contribution is 2.28. The molecule has 2 atom stereocenters. The minimum Gasteiger partial charge on any atom is -0.497 e. The third kappa shape index (κ3) is 5.81. The number of nitrogens with one attached hydrogen (secondary N) is 3.